The molecule has 0 spiro atoms. The minimum atomic E-state index is -4.53. The lowest BCUT2D eigenvalue weighted by Crippen LogP contribution is -2.25. The van der Waals surface area contributed by atoms with Gasteiger partial charge in [0, 0.05) is 36.5 Å². The number of ether oxygens (including phenoxy) is 6. The highest BCUT2D eigenvalue weighted by Crippen LogP contribution is 2.45. The van der Waals surface area contributed by atoms with Gasteiger partial charge in [0.2, 0.25) is 0 Å². The number of ketones is 1. The number of benzene rings is 6. The minimum Gasteiger partial charge on any atom is -0.491 e. The molecule has 6 aromatic carbocycles. The fourth-order valence-corrected chi connectivity index (χ4v) is 10.3. The van der Waals surface area contributed by atoms with Crippen molar-refractivity contribution in [2.75, 3.05) is 13.2 Å². The highest BCUT2D eigenvalue weighted by molar-refractivity contribution is 5.92. The van der Waals surface area contributed by atoms with Gasteiger partial charge in [-0.15, -0.1) is 0 Å². The van der Waals surface area contributed by atoms with Crippen molar-refractivity contribution < 1.29 is 83.8 Å². The van der Waals surface area contributed by atoms with Crippen LogP contribution in [0, 0.1) is 23.7 Å². The zero-order valence-corrected chi connectivity index (χ0v) is 42.5. The van der Waals surface area contributed by atoms with E-state index in [0.717, 1.165) is 46.5 Å². The molecule has 2 saturated carbocycles. The summed E-state index contributed by atoms with van der Waals surface area (Å²) in [5.41, 5.74) is 2.96. The van der Waals surface area contributed by atoms with E-state index in [4.69, 9.17) is 28.4 Å². The molecule has 81 heavy (non-hydrogen) atoms. The molecule has 2 aliphatic carbocycles. The summed E-state index contributed by atoms with van der Waals surface area (Å²) in [5.74, 6) is -3.67. The molecular formula is C63H56F6O12. The molecule has 2 aliphatic heterocycles. The van der Waals surface area contributed by atoms with Crippen LogP contribution in [-0.4, -0.2) is 78.5 Å². The molecule has 12 nitrogen and oxygen atoms in total. The second kappa shape index (κ2) is 25.7. The van der Waals surface area contributed by atoms with Crippen molar-refractivity contribution in [2.45, 2.75) is 76.0 Å². The van der Waals surface area contributed by atoms with Crippen LogP contribution in [0.2, 0.25) is 0 Å². The van der Waals surface area contributed by atoms with E-state index < -0.39 is 90.2 Å². The van der Waals surface area contributed by atoms with Gasteiger partial charge in [-0.3, -0.25) is 14.4 Å². The highest BCUT2D eigenvalue weighted by Gasteiger charge is 2.52. The molecular weight excluding hydrogens is 1060 g/mol. The molecule has 4 aliphatic rings. The molecule has 18 heteroatoms. The lowest BCUT2D eigenvalue weighted by molar-refractivity contribution is -0.143. The molecule has 2 heterocycles. The summed E-state index contributed by atoms with van der Waals surface area (Å²) in [6.45, 7) is -0.765. The fraction of sp³-hybridized carbons (Fsp3) is 0.286. The second-order valence-electron chi connectivity index (χ2n) is 19.6. The molecule has 0 bridgehead atoms. The second-order valence-corrected chi connectivity index (χ2v) is 19.6. The van der Waals surface area contributed by atoms with E-state index in [1.54, 1.807) is 36.4 Å². The number of hydrogen-bond acceptors (Lipinski definition) is 12. The maximum absolute atomic E-state index is 13.0. The van der Waals surface area contributed by atoms with Gasteiger partial charge >= 0.3 is 36.2 Å². The number of aliphatic hydroxyl groups excluding tert-OH is 1. The van der Waals surface area contributed by atoms with Crippen LogP contribution in [0.1, 0.15) is 65.0 Å². The van der Waals surface area contributed by atoms with Gasteiger partial charge in [-0.05, 0) is 89.0 Å². The van der Waals surface area contributed by atoms with E-state index in [9.17, 15) is 55.4 Å². The Morgan fingerprint density at radius 2 is 0.975 bits per heavy atom. The Morgan fingerprint density at radius 3 is 1.42 bits per heavy atom. The van der Waals surface area contributed by atoms with Crippen molar-refractivity contribution in [3.63, 3.8) is 0 Å². The Bertz CT molecular complexity index is 3220. The van der Waals surface area contributed by atoms with Crippen LogP contribution in [0.25, 0.3) is 22.3 Å². The number of aliphatic hydroxyl groups is 1. The summed E-state index contributed by atoms with van der Waals surface area (Å²) in [6.07, 6.45) is -5.37. The Balaban J connectivity index is 0.000000210. The van der Waals surface area contributed by atoms with E-state index in [1.807, 2.05) is 84.9 Å². The van der Waals surface area contributed by atoms with Crippen molar-refractivity contribution in [3.8, 4) is 33.8 Å². The predicted octanol–water partition coefficient (Wildman–Crippen LogP) is 12.5. The lowest BCUT2D eigenvalue weighted by atomic mass is 9.91. The number of carbonyl (C=O) groups excluding carboxylic acids is 5. The van der Waals surface area contributed by atoms with Gasteiger partial charge in [0.1, 0.15) is 48.6 Å². The van der Waals surface area contributed by atoms with Crippen molar-refractivity contribution in [1.29, 1.82) is 0 Å². The van der Waals surface area contributed by atoms with Crippen molar-refractivity contribution in [2.24, 2.45) is 23.7 Å². The number of hydrogen-bond donors (Lipinski definition) is 1. The van der Waals surface area contributed by atoms with E-state index in [1.165, 1.54) is 36.4 Å². The molecule has 0 amide bonds. The monoisotopic (exact) mass is 1120 g/mol. The quantitative estimate of drug-likeness (QED) is 0.0322. The molecule has 6 aromatic rings. The summed E-state index contributed by atoms with van der Waals surface area (Å²) in [5, 5.41) is 10.4. The third-order valence-electron chi connectivity index (χ3n) is 14.3. The third kappa shape index (κ3) is 15.0. The largest absolute Gasteiger partial charge is 0.491 e. The van der Waals surface area contributed by atoms with Crippen LogP contribution in [0.4, 0.5) is 26.3 Å². The topological polar surface area (TPSA) is 161 Å². The number of fused-ring (bicyclic) bond motifs is 2. The molecule has 4 fully saturated rings. The maximum Gasteiger partial charge on any atom is 0.416 e. The first-order valence-corrected chi connectivity index (χ1v) is 25.6. The molecule has 2 unspecified atom stereocenters. The first kappa shape index (κ1) is 58.6. The molecule has 1 N–H and O–H groups in total. The number of rotatable bonds is 16. The summed E-state index contributed by atoms with van der Waals surface area (Å²) >= 11 is 0. The standard InChI is InChI=1S/C31H27F3O6.C31H25F3O6.CH4/c2*32-31(33,34)22-7-4-8-24(15-22)38-18-23(35)13-14-25-26-16-29(36)39-28(26)17-27(25)40-30(37)21-11-9-20(10-12-21)19-5-2-1-3-6-19;/h1-15,23,25-28,35H,16-18H2;1-15,25-28H,16-18H2;1H4/b2*14-13+;/t23-,25-,26-,27-,28?;25-,26-,27-,28?;/m11./s1. The maximum atomic E-state index is 13.0. The van der Waals surface area contributed by atoms with Crippen LogP contribution in [-0.2, 0) is 45.7 Å². The normalized spacial score (nSPS) is 22.3. The lowest BCUT2D eigenvalue weighted by Gasteiger charge is -2.21. The van der Waals surface area contributed by atoms with E-state index in [0.29, 0.717) is 24.0 Å². The van der Waals surface area contributed by atoms with E-state index >= 15 is 0 Å². The Morgan fingerprint density at radius 1 is 0.556 bits per heavy atom. The van der Waals surface area contributed by atoms with Gasteiger partial charge in [0.25, 0.3) is 0 Å². The molecule has 422 valence electrons. The van der Waals surface area contributed by atoms with Gasteiger partial charge in [-0.1, -0.05) is 123 Å². The van der Waals surface area contributed by atoms with E-state index in [2.05, 4.69) is 0 Å². The average molecular weight is 1120 g/mol. The zero-order chi connectivity index (χ0) is 56.6. The summed E-state index contributed by atoms with van der Waals surface area (Å²) < 4.78 is 111. The average Bonchev–Trinajstić information content (AvgIpc) is 4.24. The summed E-state index contributed by atoms with van der Waals surface area (Å²) in [7, 11) is 0. The molecule has 2 saturated heterocycles. The molecule has 0 aromatic heterocycles. The van der Waals surface area contributed by atoms with Crippen LogP contribution >= 0.6 is 0 Å². The molecule has 10 rings (SSSR count). The smallest absolute Gasteiger partial charge is 0.416 e. The van der Waals surface area contributed by atoms with Crippen LogP contribution in [0.3, 0.4) is 0 Å². The number of carbonyl (C=O) groups is 5. The summed E-state index contributed by atoms with van der Waals surface area (Å²) in [6, 6.07) is 42.2. The first-order valence-electron chi connectivity index (χ1n) is 25.6. The van der Waals surface area contributed by atoms with Crippen LogP contribution in [0.15, 0.2) is 182 Å². The van der Waals surface area contributed by atoms with Gasteiger partial charge < -0.3 is 33.5 Å². The SMILES string of the molecule is C.O=C(/C=C/[C@H]1[C@H](OC(=O)c2ccc(-c3ccccc3)cc2)CC2OC(=O)C[C@@H]21)COc1cccc(C(F)(F)F)c1.O=C1C[C@H]2C(C[C@@H](OC(=O)c3ccc(-c4ccccc4)cc3)[C@@H]2/C=C/[C@@H](O)COc2cccc(C(F)(F)F)c2)O1. The molecule has 0 radical (unpaired) electrons. The Kier molecular flexibility index (Phi) is 18.6. The van der Waals surface area contributed by atoms with Gasteiger partial charge in [0.05, 0.1) is 35.1 Å². The van der Waals surface area contributed by atoms with Gasteiger partial charge in [0.15, 0.2) is 12.4 Å². The van der Waals surface area contributed by atoms with Gasteiger partial charge in [-0.25, -0.2) is 9.59 Å². The van der Waals surface area contributed by atoms with Gasteiger partial charge in [-0.2, -0.15) is 26.3 Å². The Labute approximate surface area is 462 Å². The van der Waals surface area contributed by atoms with Crippen LogP contribution < -0.4 is 9.47 Å². The minimum absolute atomic E-state index is 0. The number of alkyl halides is 6. The fourth-order valence-electron chi connectivity index (χ4n) is 10.3. The molecule has 9 atom stereocenters. The number of esters is 4. The van der Waals surface area contributed by atoms with Crippen molar-refractivity contribution >= 4 is 29.7 Å². The third-order valence-corrected chi connectivity index (χ3v) is 14.3. The predicted molar refractivity (Wildman–Crippen MR) is 284 cm³/mol. The highest BCUT2D eigenvalue weighted by atomic mass is 19.4. The first-order chi connectivity index (χ1) is 38.3. The van der Waals surface area contributed by atoms with Crippen molar-refractivity contribution in [1.82, 2.24) is 0 Å². The zero-order valence-electron chi connectivity index (χ0n) is 42.5. The van der Waals surface area contributed by atoms with Crippen LogP contribution in [0.5, 0.6) is 11.5 Å². The number of halogens is 6. The Hall–Kier alpha value is -8.51. The van der Waals surface area contributed by atoms with E-state index in [-0.39, 0.29) is 62.1 Å². The van der Waals surface area contributed by atoms with Crippen molar-refractivity contribution in [3.05, 3.63) is 204 Å². The summed E-state index contributed by atoms with van der Waals surface area (Å²) in [4.78, 5) is 62.2.